The van der Waals surface area contributed by atoms with Crippen LogP contribution >= 0.6 is 0 Å². The van der Waals surface area contributed by atoms with Gasteiger partial charge in [-0.2, -0.15) is 0 Å². The highest BCUT2D eigenvalue weighted by Gasteiger charge is 1.95. The molecule has 0 bridgehead atoms. The first-order chi connectivity index (χ1) is 8.77. The van der Waals surface area contributed by atoms with Gasteiger partial charge < -0.3 is 4.79 Å². The van der Waals surface area contributed by atoms with E-state index in [0.717, 1.165) is 25.0 Å². The molecule has 0 aliphatic rings. The SMILES string of the molecule is CC(C)CCCCCCCCCCCCCC=O. The van der Waals surface area contributed by atoms with Crippen LogP contribution in [0.4, 0.5) is 0 Å². The van der Waals surface area contributed by atoms with Gasteiger partial charge >= 0.3 is 0 Å². The molecule has 0 N–H and O–H groups in total. The Kier molecular flexibility index (Phi) is 14.5. The minimum atomic E-state index is 0.760. The molecule has 0 fully saturated rings. The van der Waals surface area contributed by atoms with Crippen LogP contribution in [-0.4, -0.2) is 6.29 Å². The van der Waals surface area contributed by atoms with Gasteiger partial charge in [0.15, 0.2) is 0 Å². The molecule has 0 radical (unpaired) electrons. The molecule has 18 heavy (non-hydrogen) atoms. The molecule has 0 aromatic rings. The number of unbranched alkanes of at least 4 members (excludes halogenated alkanes) is 11. The van der Waals surface area contributed by atoms with E-state index in [-0.39, 0.29) is 0 Å². The van der Waals surface area contributed by atoms with Gasteiger partial charge in [0.2, 0.25) is 0 Å². The van der Waals surface area contributed by atoms with Crippen molar-refractivity contribution in [2.45, 2.75) is 97.3 Å². The van der Waals surface area contributed by atoms with Gasteiger partial charge in [-0.1, -0.05) is 84.5 Å². The van der Waals surface area contributed by atoms with Crippen molar-refractivity contribution in [1.29, 1.82) is 0 Å². The van der Waals surface area contributed by atoms with E-state index in [1.54, 1.807) is 0 Å². The van der Waals surface area contributed by atoms with E-state index in [1.807, 2.05) is 0 Å². The molecule has 1 nitrogen and oxygen atoms in total. The van der Waals surface area contributed by atoms with Crippen LogP contribution in [0, 0.1) is 5.92 Å². The summed E-state index contributed by atoms with van der Waals surface area (Å²) in [4.78, 5) is 10.1. The molecule has 0 heterocycles. The van der Waals surface area contributed by atoms with Crippen molar-refractivity contribution in [2.75, 3.05) is 0 Å². The summed E-state index contributed by atoms with van der Waals surface area (Å²) < 4.78 is 0. The van der Waals surface area contributed by atoms with Crippen LogP contribution in [-0.2, 0) is 4.79 Å². The highest BCUT2D eigenvalue weighted by Crippen LogP contribution is 2.13. The van der Waals surface area contributed by atoms with E-state index in [2.05, 4.69) is 13.8 Å². The maximum atomic E-state index is 10.1. The Balaban J connectivity index is 2.92. The van der Waals surface area contributed by atoms with Crippen LogP contribution in [0.2, 0.25) is 0 Å². The van der Waals surface area contributed by atoms with E-state index in [4.69, 9.17) is 0 Å². The maximum absolute atomic E-state index is 10.1. The first-order valence-electron chi connectivity index (χ1n) is 8.21. The van der Waals surface area contributed by atoms with E-state index in [0.29, 0.717) is 0 Å². The predicted octanol–water partition coefficient (Wildman–Crippen LogP) is 5.91. The smallest absolute Gasteiger partial charge is 0.119 e. The van der Waals surface area contributed by atoms with Crippen molar-refractivity contribution in [1.82, 2.24) is 0 Å². The summed E-state index contributed by atoms with van der Waals surface area (Å²) in [6.45, 7) is 4.63. The van der Waals surface area contributed by atoms with Gasteiger partial charge in [-0.25, -0.2) is 0 Å². The number of carbonyl (C=O) groups excluding carboxylic acids is 1. The molecule has 0 saturated heterocycles. The van der Waals surface area contributed by atoms with Crippen molar-refractivity contribution in [2.24, 2.45) is 5.92 Å². The van der Waals surface area contributed by atoms with Crippen LogP contribution in [0.5, 0.6) is 0 Å². The van der Waals surface area contributed by atoms with Gasteiger partial charge in [0.25, 0.3) is 0 Å². The van der Waals surface area contributed by atoms with Gasteiger partial charge in [-0.3, -0.25) is 0 Å². The maximum Gasteiger partial charge on any atom is 0.119 e. The largest absolute Gasteiger partial charge is 0.303 e. The second-order valence-electron chi connectivity index (χ2n) is 6.03. The molecule has 0 atom stereocenters. The van der Waals surface area contributed by atoms with Crippen LogP contribution < -0.4 is 0 Å². The minimum Gasteiger partial charge on any atom is -0.303 e. The zero-order valence-electron chi connectivity index (χ0n) is 12.8. The second kappa shape index (κ2) is 14.7. The molecule has 0 aliphatic carbocycles. The Hall–Kier alpha value is -0.330. The first kappa shape index (κ1) is 17.7. The molecular formula is C17H34O. The standard InChI is InChI=1S/C17H34O/c1-17(2)15-13-11-9-7-5-3-4-6-8-10-12-14-16-18/h16-17H,3-15H2,1-2H3. The topological polar surface area (TPSA) is 17.1 Å². The van der Waals surface area contributed by atoms with Crippen molar-refractivity contribution in [3.63, 3.8) is 0 Å². The Morgan fingerprint density at radius 3 is 1.44 bits per heavy atom. The molecule has 0 aromatic carbocycles. The van der Waals surface area contributed by atoms with E-state index in [9.17, 15) is 4.79 Å². The molecule has 0 unspecified atom stereocenters. The lowest BCUT2D eigenvalue weighted by molar-refractivity contribution is -0.107. The van der Waals surface area contributed by atoms with Gasteiger partial charge in [-0.15, -0.1) is 0 Å². The average molecular weight is 254 g/mol. The second-order valence-corrected chi connectivity index (χ2v) is 6.03. The summed E-state index contributed by atoms with van der Waals surface area (Å²) in [7, 11) is 0. The molecule has 0 amide bonds. The summed E-state index contributed by atoms with van der Waals surface area (Å²) in [5.74, 6) is 0.879. The number of carbonyl (C=O) groups is 1. The number of aldehydes is 1. The third-order valence-corrected chi connectivity index (χ3v) is 3.60. The third-order valence-electron chi connectivity index (χ3n) is 3.60. The van der Waals surface area contributed by atoms with Crippen LogP contribution in [0.25, 0.3) is 0 Å². The lowest BCUT2D eigenvalue weighted by Crippen LogP contribution is -1.87. The molecule has 0 saturated carbocycles. The number of hydrogen-bond acceptors (Lipinski definition) is 1. The Labute approximate surface area is 115 Å². The Morgan fingerprint density at radius 2 is 1.06 bits per heavy atom. The van der Waals surface area contributed by atoms with Crippen molar-refractivity contribution in [3.8, 4) is 0 Å². The zero-order valence-corrected chi connectivity index (χ0v) is 12.8. The molecular weight excluding hydrogens is 220 g/mol. The monoisotopic (exact) mass is 254 g/mol. The Bertz CT molecular complexity index is 163. The average Bonchev–Trinajstić information content (AvgIpc) is 2.34. The van der Waals surface area contributed by atoms with Crippen LogP contribution in [0.1, 0.15) is 97.3 Å². The van der Waals surface area contributed by atoms with Gasteiger partial charge in [-0.05, 0) is 12.3 Å². The van der Waals surface area contributed by atoms with Crippen LogP contribution in [0.15, 0.2) is 0 Å². The summed E-state index contributed by atoms with van der Waals surface area (Å²) >= 11 is 0. The number of rotatable bonds is 14. The molecule has 108 valence electrons. The fourth-order valence-electron chi connectivity index (χ4n) is 2.37. The molecule has 0 aromatic heterocycles. The quantitative estimate of drug-likeness (QED) is 0.278. The third kappa shape index (κ3) is 15.7. The molecule has 0 aliphatic heterocycles. The highest BCUT2D eigenvalue weighted by molar-refractivity contribution is 5.48. The van der Waals surface area contributed by atoms with E-state index >= 15 is 0 Å². The summed E-state index contributed by atoms with van der Waals surface area (Å²) in [5, 5.41) is 0. The minimum absolute atomic E-state index is 0.760. The summed E-state index contributed by atoms with van der Waals surface area (Å²) in [5.41, 5.74) is 0. The lowest BCUT2D eigenvalue weighted by Gasteiger charge is -2.04. The van der Waals surface area contributed by atoms with Gasteiger partial charge in [0, 0.05) is 6.42 Å². The van der Waals surface area contributed by atoms with Crippen molar-refractivity contribution in [3.05, 3.63) is 0 Å². The summed E-state index contributed by atoms with van der Waals surface area (Å²) in [6, 6.07) is 0. The Morgan fingerprint density at radius 1 is 0.667 bits per heavy atom. The molecule has 1 heteroatoms. The molecule has 0 rings (SSSR count). The predicted molar refractivity (Wildman–Crippen MR) is 80.9 cm³/mol. The highest BCUT2D eigenvalue weighted by atomic mass is 16.1. The molecule has 0 spiro atoms. The van der Waals surface area contributed by atoms with Crippen molar-refractivity contribution < 1.29 is 4.79 Å². The zero-order chi connectivity index (χ0) is 13.5. The fourth-order valence-corrected chi connectivity index (χ4v) is 2.37. The van der Waals surface area contributed by atoms with E-state index in [1.165, 1.54) is 70.6 Å². The van der Waals surface area contributed by atoms with Gasteiger partial charge in [0.1, 0.15) is 6.29 Å². The number of hydrogen-bond donors (Lipinski definition) is 0. The van der Waals surface area contributed by atoms with E-state index < -0.39 is 0 Å². The fraction of sp³-hybridized carbons (Fsp3) is 0.941. The van der Waals surface area contributed by atoms with Crippen LogP contribution in [0.3, 0.4) is 0 Å². The normalized spacial score (nSPS) is 11.1. The first-order valence-corrected chi connectivity index (χ1v) is 8.21. The van der Waals surface area contributed by atoms with Crippen molar-refractivity contribution >= 4 is 6.29 Å². The lowest BCUT2D eigenvalue weighted by atomic mass is 10.0. The van der Waals surface area contributed by atoms with Gasteiger partial charge in [0.05, 0.1) is 0 Å². The summed E-state index contributed by atoms with van der Waals surface area (Å²) in [6.07, 6.45) is 18.2.